The van der Waals surface area contributed by atoms with Crippen LogP contribution >= 0.6 is 0 Å². The topological polar surface area (TPSA) is 79.4 Å². The Bertz CT molecular complexity index is 649. The van der Waals surface area contributed by atoms with Gasteiger partial charge in [0.1, 0.15) is 5.75 Å². The molecule has 0 saturated carbocycles. The number of hydrazone groups is 1. The molecule has 2 aromatic rings. The normalized spacial score (nSPS) is 10.6. The maximum absolute atomic E-state index is 11.2. The molecule has 0 saturated heterocycles. The van der Waals surface area contributed by atoms with Gasteiger partial charge in [-0.1, -0.05) is 12.1 Å². The van der Waals surface area contributed by atoms with E-state index in [-0.39, 0.29) is 5.56 Å². The fraction of sp³-hybridized carbons (Fsp3) is 0.154. The number of aromatic amines is 1. The van der Waals surface area contributed by atoms with Crippen molar-refractivity contribution in [3.05, 3.63) is 51.9 Å². The largest absolute Gasteiger partial charge is 0.497 e. The zero-order chi connectivity index (χ0) is 13.7. The van der Waals surface area contributed by atoms with E-state index in [1.807, 2.05) is 24.3 Å². The van der Waals surface area contributed by atoms with Gasteiger partial charge < -0.3 is 4.74 Å². The monoisotopic (exact) mass is 258 g/mol. The van der Waals surface area contributed by atoms with Crippen molar-refractivity contribution < 1.29 is 4.74 Å². The molecule has 0 amide bonds. The molecule has 98 valence electrons. The van der Waals surface area contributed by atoms with E-state index in [1.165, 1.54) is 6.07 Å². The first kappa shape index (κ1) is 12.8. The quantitative estimate of drug-likeness (QED) is 0.644. The Morgan fingerprint density at radius 3 is 3.00 bits per heavy atom. The summed E-state index contributed by atoms with van der Waals surface area (Å²) in [5.41, 5.74) is 3.96. The molecule has 2 N–H and O–H groups in total. The highest BCUT2D eigenvalue weighted by Gasteiger charge is 1.96. The third kappa shape index (κ3) is 3.67. The lowest BCUT2D eigenvalue weighted by Gasteiger charge is -2.01. The van der Waals surface area contributed by atoms with Gasteiger partial charge in [-0.3, -0.25) is 9.78 Å². The summed E-state index contributed by atoms with van der Waals surface area (Å²) in [6.45, 7) is 1.74. The van der Waals surface area contributed by atoms with Gasteiger partial charge in [-0.25, -0.2) is 10.4 Å². The van der Waals surface area contributed by atoms with Crippen molar-refractivity contribution in [1.82, 2.24) is 9.97 Å². The first-order valence-electron chi connectivity index (χ1n) is 5.68. The molecule has 6 nitrogen and oxygen atoms in total. The number of rotatable bonds is 4. The van der Waals surface area contributed by atoms with Crippen LogP contribution in [0.1, 0.15) is 11.3 Å². The zero-order valence-corrected chi connectivity index (χ0v) is 10.7. The smallest absolute Gasteiger partial charge is 0.252 e. The highest BCUT2D eigenvalue weighted by atomic mass is 16.5. The molecule has 0 atom stereocenters. The lowest BCUT2D eigenvalue weighted by atomic mass is 10.2. The van der Waals surface area contributed by atoms with Crippen molar-refractivity contribution >= 4 is 12.2 Å². The van der Waals surface area contributed by atoms with Crippen molar-refractivity contribution in [2.75, 3.05) is 12.5 Å². The first-order chi connectivity index (χ1) is 9.17. The first-order valence-corrected chi connectivity index (χ1v) is 5.68. The molecular formula is C13H14N4O2. The minimum absolute atomic E-state index is 0.216. The Labute approximate surface area is 110 Å². The molecule has 0 spiro atoms. The van der Waals surface area contributed by atoms with Crippen LogP contribution in [0.4, 0.5) is 5.95 Å². The summed E-state index contributed by atoms with van der Waals surface area (Å²) in [5, 5.41) is 4.01. The predicted octanol–water partition coefficient (Wildman–Crippen LogP) is 1.53. The highest BCUT2D eigenvalue weighted by molar-refractivity contribution is 5.80. The number of ether oxygens (including phenoxy) is 1. The Kier molecular flexibility index (Phi) is 3.92. The average Bonchev–Trinajstić information content (AvgIpc) is 2.38. The molecule has 0 radical (unpaired) electrons. The maximum Gasteiger partial charge on any atom is 0.252 e. The molecule has 1 aromatic heterocycles. The van der Waals surface area contributed by atoms with Gasteiger partial charge in [0.2, 0.25) is 5.95 Å². The van der Waals surface area contributed by atoms with Crippen LogP contribution in [0.2, 0.25) is 0 Å². The van der Waals surface area contributed by atoms with Crippen molar-refractivity contribution in [2.24, 2.45) is 5.10 Å². The summed E-state index contributed by atoms with van der Waals surface area (Å²) in [6, 6.07) is 8.87. The lowest BCUT2D eigenvalue weighted by molar-refractivity contribution is 0.415. The fourth-order valence-corrected chi connectivity index (χ4v) is 1.52. The molecule has 19 heavy (non-hydrogen) atoms. The Morgan fingerprint density at radius 1 is 1.42 bits per heavy atom. The van der Waals surface area contributed by atoms with Crippen LogP contribution in [0.3, 0.4) is 0 Å². The van der Waals surface area contributed by atoms with Gasteiger partial charge in [0, 0.05) is 11.8 Å². The minimum Gasteiger partial charge on any atom is -0.497 e. The number of aryl methyl sites for hydroxylation is 1. The molecule has 6 heteroatoms. The van der Waals surface area contributed by atoms with Gasteiger partial charge in [-0.2, -0.15) is 5.10 Å². The maximum atomic E-state index is 11.2. The summed E-state index contributed by atoms with van der Waals surface area (Å²) in [4.78, 5) is 17.9. The standard InChI is InChI=1S/C13H14N4O2/c1-9-6-12(18)16-13(15-9)17-14-8-10-4-3-5-11(7-10)19-2/h3-8H,1-2H3,(H2,15,16,17,18)/b14-8+. The molecule has 0 aliphatic rings. The third-order valence-electron chi connectivity index (χ3n) is 2.35. The van der Waals surface area contributed by atoms with Crippen molar-refractivity contribution in [2.45, 2.75) is 6.92 Å². The van der Waals surface area contributed by atoms with E-state index in [4.69, 9.17) is 4.74 Å². The van der Waals surface area contributed by atoms with Crippen molar-refractivity contribution in [3.63, 3.8) is 0 Å². The molecule has 0 unspecified atom stereocenters. The lowest BCUT2D eigenvalue weighted by Crippen LogP contribution is -2.10. The minimum atomic E-state index is -0.216. The molecule has 0 fully saturated rings. The number of methoxy groups -OCH3 is 1. The molecule has 0 aliphatic carbocycles. The number of aromatic nitrogens is 2. The number of benzene rings is 1. The molecule has 0 bridgehead atoms. The van der Waals surface area contributed by atoms with Crippen LogP contribution in [-0.2, 0) is 0 Å². The van der Waals surface area contributed by atoms with E-state index >= 15 is 0 Å². The van der Waals surface area contributed by atoms with Gasteiger partial charge in [0.15, 0.2) is 0 Å². The van der Waals surface area contributed by atoms with Crippen LogP contribution in [0, 0.1) is 6.92 Å². The van der Waals surface area contributed by atoms with E-state index in [0.717, 1.165) is 11.3 Å². The van der Waals surface area contributed by atoms with Gasteiger partial charge >= 0.3 is 0 Å². The number of hydrogen-bond acceptors (Lipinski definition) is 5. The van der Waals surface area contributed by atoms with Crippen LogP contribution in [-0.4, -0.2) is 23.3 Å². The Morgan fingerprint density at radius 2 is 2.26 bits per heavy atom. The second kappa shape index (κ2) is 5.81. The second-order valence-electron chi connectivity index (χ2n) is 3.88. The SMILES string of the molecule is COc1cccc(/C=N/Nc2nc(C)cc(=O)[nH]2)c1. The number of H-pyrrole nitrogens is 1. The van der Waals surface area contributed by atoms with E-state index in [2.05, 4.69) is 20.5 Å². The van der Waals surface area contributed by atoms with Crippen molar-refractivity contribution in [1.29, 1.82) is 0 Å². The number of nitrogens with zero attached hydrogens (tertiary/aromatic N) is 2. The fourth-order valence-electron chi connectivity index (χ4n) is 1.52. The number of hydrogen-bond donors (Lipinski definition) is 2. The summed E-state index contributed by atoms with van der Waals surface area (Å²) >= 11 is 0. The highest BCUT2D eigenvalue weighted by Crippen LogP contribution is 2.10. The van der Waals surface area contributed by atoms with Crippen LogP contribution in [0.5, 0.6) is 5.75 Å². The third-order valence-corrected chi connectivity index (χ3v) is 2.35. The average molecular weight is 258 g/mol. The summed E-state index contributed by atoms with van der Waals surface area (Å²) in [6.07, 6.45) is 1.62. The van der Waals surface area contributed by atoms with Gasteiger partial charge in [-0.05, 0) is 24.6 Å². The molecule has 1 aromatic carbocycles. The number of anilines is 1. The Hall–Kier alpha value is -2.63. The zero-order valence-electron chi connectivity index (χ0n) is 10.7. The van der Waals surface area contributed by atoms with Crippen LogP contribution in [0.15, 0.2) is 40.2 Å². The molecule has 2 rings (SSSR count). The summed E-state index contributed by atoms with van der Waals surface area (Å²) < 4.78 is 5.11. The summed E-state index contributed by atoms with van der Waals surface area (Å²) in [7, 11) is 1.61. The summed E-state index contributed by atoms with van der Waals surface area (Å²) in [5.74, 6) is 1.06. The van der Waals surface area contributed by atoms with Crippen LogP contribution in [0.25, 0.3) is 0 Å². The number of nitrogens with one attached hydrogen (secondary N) is 2. The Balaban J connectivity index is 2.08. The molecule has 0 aliphatic heterocycles. The van der Waals surface area contributed by atoms with Gasteiger partial charge in [0.05, 0.1) is 13.3 Å². The van der Waals surface area contributed by atoms with E-state index in [0.29, 0.717) is 11.6 Å². The molecular weight excluding hydrogens is 244 g/mol. The van der Waals surface area contributed by atoms with Crippen LogP contribution < -0.4 is 15.7 Å². The van der Waals surface area contributed by atoms with Gasteiger partial charge in [0.25, 0.3) is 5.56 Å². The van der Waals surface area contributed by atoms with Crippen molar-refractivity contribution in [3.8, 4) is 5.75 Å². The molecule has 1 heterocycles. The predicted molar refractivity (Wildman–Crippen MR) is 73.8 cm³/mol. The second-order valence-corrected chi connectivity index (χ2v) is 3.88. The van der Waals surface area contributed by atoms with E-state index < -0.39 is 0 Å². The van der Waals surface area contributed by atoms with E-state index in [1.54, 1.807) is 20.2 Å². The van der Waals surface area contributed by atoms with Gasteiger partial charge in [-0.15, -0.1) is 0 Å². The van der Waals surface area contributed by atoms with E-state index in [9.17, 15) is 4.79 Å².